The molecule has 18 heavy (non-hydrogen) atoms. The molecule has 1 aromatic rings. The Kier molecular flexibility index (Phi) is 6.41. The molecule has 0 unspecified atom stereocenters. The molecule has 1 aromatic carbocycles. The fourth-order valence-electron chi connectivity index (χ4n) is 1.91. The van der Waals surface area contributed by atoms with Crippen molar-refractivity contribution in [2.75, 3.05) is 0 Å². The lowest BCUT2D eigenvalue weighted by atomic mass is 9.80. The number of benzene rings is 1. The third-order valence-corrected chi connectivity index (χ3v) is 3.51. The first-order chi connectivity index (χ1) is 8.07. The first-order valence-corrected chi connectivity index (χ1v) is 6.09. The zero-order valence-corrected chi connectivity index (χ0v) is 11.4. The van der Waals surface area contributed by atoms with Crippen LogP contribution in [-0.4, -0.2) is 11.1 Å². The van der Waals surface area contributed by atoms with Crippen molar-refractivity contribution in [2.24, 2.45) is 5.41 Å². The Hall–Kier alpha value is -1.55. The number of hydrogen-bond acceptors (Lipinski definition) is 4. The van der Waals surface area contributed by atoms with Gasteiger partial charge in [0.1, 0.15) is 11.5 Å². The van der Waals surface area contributed by atoms with Gasteiger partial charge in [-0.2, -0.15) is 0 Å². The van der Waals surface area contributed by atoms with Crippen LogP contribution in [0.5, 0.6) is 11.5 Å². The third-order valence-electron chi connectivity index (χ3n) is 3.51. The topological polar surface area (TPSA) is 81.5 Å². The van der Waals surface area contributed by atoms with Crippen molar-refractivity contribution in [3.63, 3.8) is 0 Å². The summed E-state index contributed by atoms with van der Waals surface area (Å²) >= 11 is 0. The molecule has 0 fully saturated rings. The quantitative estimate of drug-likeness (QED) is 0.619. The van der Waals surface area contributed by atoms with Gasteiger partial charge in [-0.15, -0.1) is 0 Å². The number of rotatable bonds is 5. The van der Waals surface area contributed by atoms with Crippen molar-refractivity contribution in [2.45, 2.75) is 40.0 Å². The first-order valence-electron chi connectivity index (χ1n) is 6.09. The van der Waals surface area contributed by atoms with Crippen LogP contribution in [0.25, 0.3) is 0 Å². The maximum absolute atomic E-state index is 12.1. The lowest BCUT2D eigenvalue weighted by Crippen LogP contribution is -2.33. The van der Waals surface area contributed by atoms with E-state index in [2.05, 4.69) is 0 Å². The minimum Gasteiger partial charge on any atom is -0.508 e. The highest BCUT2D eigenvalue weighted by Crippen LogP contribution is 2.32. The van der Waals surface area contributed by atoms with Gasteiger partial charge in [-0.1, -0.05) is 20.8 Å². The molecule has 0 saturated heterocycles. The Morgan fingerprint density at radius 2 is 1.56 bits per heavy atom. The lowest BCUT2D eigenvalue weighted by molar-refractivity contribution is -0.146. The molecule has 0 spiro atoms. The summed E-state index contributed by atoms with van der Waals surface area (Å²) in [7, 11) is 0. The van der Waals surface area contributed by atoms with E-state index in [1.165, 1.54) is 12.1 Å². The summed E-state index contributed by atoms with van der Waals surface area (Å²) in [6.45, 7) is 6.02. The molecule has 0 atom stereocenters. The number of phenols is 1. The zero-order chi connectivity index (χ0) is 12.9. The second-order valence-electron chi connectivity index (χ2n) is 4.22. The van der Waals surface area contributed by atoms with Crippen LogP contribution < -0.4 is 10.9 Å². The maximum atomic E-state index is 12.1. The molecule has 0 amide bonds. The van der Waals surface area contributed by atoms with Gasteiger partial charge < -0.3 is 16.0 Å². The van der Waals surface area contributed by atoms with Crippen LogP contribution in [0, 0.1) is 5.41 Å². The molecule has 4 N–H and O–H groups in total. The number of phenolic OH excluding ortho intramolecular Hbond substituents is 1. The van der Waals surface area contributed by atoms with E-state index in [1.807, 2.05) is 20.8 Å². The largest absolute Gasteiger partial charge is 0.508 e. The Bertz CT molecular complexity index is 361. The number of carbonyl (C=O) groups excluding carboxylic acids is 1. The summed E-state index contributed by atoms with van der Waals surface area (Å²) in [5.74, 6) is 0.459. The van der Waals surface area contributed by atoms with Crippen LogP contribution in [0.3, 0.4) is 0 Å². The summed E-state index contributed by atoms with van der Waals surface area (Å²) in [6, 6.07) is 6.21. The molecule has 4 heteroatoms. The predicted molar refractivity (Wildman–Crippen MR) is 72.1 cm³/mol. The van der Waals surface area contributed by atoms with Gasteiger partial charge in [0.2, 0.25) is 0 Å². The number of aromatic hydroxyl groups is 1. The van der Waals surface area contributed by atoms with Crippen LogP contribution in [0.1, 0.15) is 40.0 Å². The van der Waals surface area contributed by atoms with Gasteiger partial charge >= 0.3 is 5.97 Å². The summed E-state index contributed by atoms with van der Waals surface area (Å²) < 4.78 is 5.36. The van der Waals surface area contributed by atoms with Gasteiger partial charge in [-0.05, 0) is 43.5 Å². The summed E-state index contributed by atoms with van der Waals surface area (Å²) in [5, 5.41) is 9.15. The highest BCUT2D eigenvalue weighted by Gasteiger charge is 2.34. The molecular weight excluding hydrogens is 230 g/mol. The van der Waals surface area contributed by atoms with E-state index in [0.717, 1.165) is 19.3 Å². The van der Waals surface area contributed by atoms with E-state index in [4.69, 9.17) is 9.84 Å². The predicted octanol–water partition coefficient (Wildman–Crippen LogP) is 3.68. The van der Waals surface area contributed by atoms with Crippen LogP contribution in [0.2, 0.25) is 0 Å². The molecule has 0 aliphatic carbocycles. The molecule has 0 aliphatic rings. The number of hydrogen-bond donors (Lipinski definition) is 2. The molecular formula is C14H23NO3. The highest BCUT2D eigenvalue weighted by molar-refractivity contribution is 5.79. The molecule has 0 heterocycles. The zero-order valence-electron chi connectivity index (χ0n) is 11.4. The molecule has 0 bridgehead atoms. The molecule has 0 aromatic heterocycles. The van der Waals surface area contributed by atoms with Crippen molar-refractivity contribution in [1.29, 1.82) is 0 Å². The molecule has 1 rings (SSSR count). The second kappa shape index (κ2) is 7.01. The normalized spacial score (nSPS) is 10.6. The van der Waals surface area contributed by atoms with Gasteiger partial charge in [-0.25, -0.2) is 0 Å². The van der Waals surface area contributed by atoms with E-state index >= 15 is 0 Å². The fourth-order valence-corrected chi connectivity index (χ4v) is 1.91. The Balaban J connectivity index is 0.00000289. The standard InChI is InChI=1S/C14H20O3.H3N/c1-4-14(5-2,6-3)13(16)17-12-9-7-11(15)8-10-12;/h7-10,15H,4-6H2,1-3H3;1H3. The number of esters is 1. The Labute approximate surface area is 109 Å². The minimum absolute atomic E-state index is 0. The van der Waals surface area contributed by atoms with Gasteiger partial charge in [0, 0.05) is 0 Å². The van der Waals surface area contributed by atoms with Crippen LogP contribution >= 0.6 is 0 Å². The fraction of sp³-hybridized carbons (Fsp3) is 0.500. The van der Waals surface area contributed by atoms with E-state index < -0.39 is 5.41 Å². The lowest BCUT2D eigenvalue weighted by Gasteiger charge is -2.27. The Morgan fingerprint density at radius 3 is 1.94 bits per heavy atom. The molecule has 102 valence electrons. The van der Waals surface area contributed by atoms with Crippen LogP contribution in [0.15, 0.2) is 24.3 Å². The smallest absolute Gasteiger partial charge is 0.317 e. The van der Waals surface area contributed by atoms with Gasteiger partial charge in [-0.3, -0.25) is 4.79 Å². The second-order valence-corrected chi connectivity index (χ2v) is 4.22. The number of carbonyl (C=O) groups is 1. The summed E-state index contributed by atoms with van der Waals surface area (Å²) in [6.07, 6.45) is 2.32. The van der Waals surface area contributed by atoms with E-state index in [-0.39, 0.29) is 17.9 Å². The maximum Gasteiger partial charge on any atom is 0.317 e. The highest BCUT2D eigenvalue weighted by atomic mass is 16.5. The van der Waals surface area contributed by atoms with Crippen LogP contribution in [-0.2, 0) is 4.79 Å². The van der Waals surface area contributed by atoms with Crippen molar-refractivity contribution >= 4 is 5.97 Å². The average molecular weight is 253 g/mol. The van der Waals surface area contributed by atoms with Crippen molar-refractivity contribution < 1.29 is 14.6 Å². The van der Waals surface area contributed by atoms with Crippen LogP contribution in [0.4, 0.5) is 0 Å². The Morgan fingerprint density at radius 1 is 1.11 bits per heavy atom. The minimum atomic E-state index is -0.391. The monoisotopic (exact) mass is 253 g/mol. The summed E-state index contributed by atoms with van der Waals surface area (Å²) in [5.41, 5.74) is -0.391. The molecule has 0 radical (unpaired) electrons. The van der Waals surface area contributed by atoms with E-state index in [1.54, 1.807) is 12.1 Å². The number of ether oxygens (including phenoxy) is 1. The average Bonchev–Trinajstić information content (AvgIpc) is 2.35. The van der Waals surface area contributed by atoms with E-state index in [0.29, 0.717) is 5.75 Å². The van der Waals surface area contributed by atoms with E-state index in [9.17, 15) is 4.79 Å². The first kappa shape index (κ1) is 16.4. The van der Waals surface area contributed by atoms with Gasteiger partial charge in [0.25, 0.3) is 0 Å². The van der Waals surface area contributed by atoms with Crippen molar-refractivity contribution in [3.8, 4) is 11.5 Å². The van der Waals surface area contributed by atoms with Crippen molar-refractivity contribution in [1.82, 2.24) is 6.15 Å². The molecule has 4 nitrogen and oxygen atoms in total. The SMILES string of the molecule is CCC(CC)(CC)C(=O)Oc1ccc(O)cc1.N. The van der Waals surface area contributed by atoms with Crippen molar-refractivity contribution in [3.05, 3.63) is 24.3 Å². The summed E-state index contributed by atoms with van der Waals surface area (Å²) in [4.78, 5) is 12.1. The third kappa shape index (κ3) is 3.47. The molecule has 0 aliphatic heterocycles. The molecule has 0 saturated carbocycles. The van der Waals surface area contributed by atoms with Gasteiger partial charge in [0.05, 0.1) is 5.41 Å². The van der Waals surface area contributed by atoms with Gasteiger partial charge in [0.15, 0.2) is 0 Å².